The summed E-state index contributed by atoms with van der Waals surface area (Å²) < 4.78 is 26.5. The standard InChI is InChI=1S/C13H13N3O3S/c14-9-11-5-1-2-6-12(11)20(18,19)16-8-4-3-7-13(16)15-10-17/h1-2,5-6,13H,3-4,7-8H2. The SMILES string of the molecule is N#Cc1ccccc1S(=O)(=O)N1CCCCC1N=C=O. The van der Waals surface area contributed by atoms with E-state index in [9.17, 15) is 13.2 Å². The molecule has 1 heterocycles. The normalized spacial score (nSPS) is 19.9. The molecule has 1 fully saturated rings. The van der Waals surface area contributed by atoms with Crippen LogP contribution in [0.5, 0.6) is 0 Å². The monoisotopic (exact) mass is 291 g/mol. The van der Waals surface area contributed by atoms with Crippen LogP contribution in [0.2, 0.25) is 0 Å². The molecule has 1 aliphatic heterocycles. The van der Waals surface area contributed by atoms with E-state index in [0.717, 1.165) is 6.42 Å². The fourth-order valence-corrected chi connectivity index (χ4v) is 4.01. The first-order valence-corrected chi connectivity index (χ1v) is 7.63. The second kappa shape index (κ2) is 5.97. The van der Waals surface area contributed by atoms with E-state index in [-0.39, 0.29) is 17.0 Å². The van der Waals surface area contributed by atoms with Gasteiger partial charge in [-0.2, -0.15) is 14.6 Å². The Kier molecular flexibility index (Phi) is 4.30. The molecule has 0 aliphatic carbocycles. The molecule has 1 aromatic carbocycles. The van der Waals surface area contributed by atoms with Gasteiger partial charge in [-0.1, -0.05) is 12.1 Å². The van der Waals surface area contributed by atoms with Crippen molar-refractivity contribution >= 4 is 16.1 Å². The molecular formula is C13H13N3O3S. The average molecular weight is 291 g/mol. The highest BCUT2D eigenvalue weighted by Crippen LogP contribution is 2.27. The Balaban J connectivity index is 2.48. The fraction of sp³-hybridized carbons (Fsp3) is 0.385. The summed E-state index contributed by atoms with van der Waals surface area (Å²) in [5.74, 6) is 0. The van der Waals surface area contributed by atoms with Gasteiger partial charge in [0.15, 0.2) is 0 Å². The van der Waals surface area contributed by atoms with Gasteiger partial charge in [0, 0.05) is 6.54 Å². The maximum atomic E-state index is 12.6. The smallest absolute Gasteiger partial charge is 0.211 e. The van der Waals surface area contributed by atoms with E-state index in [1.807, 2.05) is 6.07 Å². The van der Waals surface area contributed by atoms with Crippen LogP contribution in [0, 0.1) is 11.3 Å². The molecule has 0 N–H and O–H groups in total. The summed E-state index contributed by atoms with van der Waals surface area (Å²) >= 11 is 0. The molecule has 104 valence electrons. The lowest BCUT2D eigenvalue weighted by Gasteiger charge is -2.31. The highest BCUT2D eigenvalue weighted by Gasteiger charge is 2.34. The molecule has 1 atom stereocenters. The van der Waals surface area contributed by atoms with Crippen LogP contribution in [0.3, 0.4) is 0 Å². The van der Waals surface area contributed by atoms with Crippen molar-refractivity contribution in [2.45, 2.75) is 30.3 Å². The second-order valence-corrected chi connectivity index (χ2v) is 6.28. The predicted octanol–water partition coefficient (Wildman–Crippen LogP) is 1.39. The molecule has 1 aromatic rings. The summed E-state index contributed by atoms with van der Waals surface area (Å²) in [4.78, 5) is 14.0. The summed E-state index contributed by atoms with van der Waals surface area (Å²) in [5.41, 5.74) is 0.0897. The number of piperidine rings is 1. The zero-order chi connectivity index (χ0) is 14.6. The molecule has 0 spiro atoms. The van der Waals surface area contributed by atoms with E-state index in [1.165, 1.54) is 22.5 Å². The molecule has 1 unspecified atom stereocenters. The average Bonchev–Trinajstić information content (AvgIpc) is 2.48. The van der Waals surface area contributed by atoms with Gasteiger partial charge < -0.3 is 0 Å². The Morgan fingerprint density at radius 1 is 1.30 bits per heavy atom. The molecule has 1 saturated heterocycles. The third-order valence-corrected chi connectivity index (χ3v) is 5.17. The zero-order valence-electron chi connectivity index (χ0n) is 10.7. The minimum atomic E-state index is -3.84. The number of nitriles is 1. The number of nitrogens with zero attached hydrogens (tertiary/aromatic N) is 3. The molecule has 7 heteroatoms. The molecular weight excluding hydrogens is 278 g/mol. The van der Waals surface area contributed by atoms with Crippen molar-refractivity contribution in [3.8, 4) is 6.07 Å². The van der Waals surface area contributed by atoms with E-state index in [2.05, 4.69) is 4.99 Å². The number of isocyanates is 1. The molecule has 0 bridgehead atoms. The van der Waals surface area contributed by atoms with E-state index in [0.29, 0.717) is 12.8 Å². The van der Waals surface area contributed by atoms with E-state index in [4.69, 9.17) is 5.26 Å². The van der Waals surface area contributed by atoms with Crippen LogP contribution >= 0.6 is 0 Å². The van der Waals surface area contributed by atoms with Crippen LogP contribution in [0.4, 0.5) is 0 Å². The summed E-state index contributed by atoms with van der Waals surface area (Å²) in [6.45, 7) is 0.290. The number of benzene rings is 1. The van der Waals surface area contributed by atoms with E-state index < -0.39 is 16.2 Å². The van der Waals surface area contributed by atoms with Crippen molar-refractivity contribution in [2.75, 3.05) is 6.54 Å². The maximum absolute atomic E-state index is 12.6. The van der Waals surface area contributed by atoms with Gasteiger partial charge >= 0.3 is 0 Å². The minimum Gasteiger partial charge on any atom is -0.211 e. The molecule has 20 heavy (non-hydrogen) atoms. The van der Waals surface area contributed by atoms with Gasteiger partial charge in [-0.3, -0.25) is 0 Å². The number of aliphatic imine (C=N–C) groups is 1. The van der Waals surface area contributed by atoms with Crippen molar-refractivity contribution in [2.24, 2.45) is 4.99 Å². The van der Waals surface area contributed by atoms with Crippen LogP contribution in [-0.4, -0.2) is 31.5 Å². The highest BCUT2D eigenvalue weighted by molar-refractivity contribution is 7.89. The lowest BCUT2D eigenvalue weighted by atomic mass is 10.1. The minimum absolute atomic E-state index is 0.0458. The summed E-state index contributed by atoms with van der Waals surface area (Å²) in [6.07, 6.45) is 2.70. The highest BCUT2D eigenvalue weighted by atomic mass is 32.2. The Morgan fingerprint density at radius 3 is 2.75 bits per heavy atom. The van der Waals surface area contributed by atoms with Gasteiger partial charge in [0.05, 0.1) is 5.56 Å². The number of rotatable bonds is 3. The lowest BCUT2D eigenvalue weighted by molar-refractivity contribution is 0.259. The van der Waals surface area contributed by atoms with Crippen LogP contribution in [0.25, 0.3) is 0 Å². The second-order valence-electron chi connectivity index (χ2n) is 4.42. The summed E-state index contributed by atoms with van der Waals surface area (Å²) in [7, 11) is -3.84. The van der Waals surface area contributed by atoms with E-state index >= 15 is 0 Å². The third-order valence-electron chi connectivity index (χ3n) is 3.22. The quantitative estimate of drug-likeness (QED) is 0.621. The predicted molar refractivity (Wildman–Crippen MR) is 70.8 cm³/mol. The van der Waals surface area contributed by atoms with Crippen LogP contribution in [-0.2, 0) is 14.8 Å². The molecule has 0 aromatic heterocycles. The molecule has 0 saturated carbocycles. The van der Waals surface area contributed by atoms with Crippen molar-refractivity contribution in [1.82, 2.24) is 4.31 Å². The van der Waals surface area contributed by atoms with Crippen molar-refractivity contribution in [3.63, 3.8) is 0 Å². The topological polar surface area (TPSA) is 90.6 Å². The van der Waals surface area contributed by atoms with Crippen LogP contribution in [0.15, 0.2) is 34.2 Å². The van der Waals surface area contributed by atoms with Gasteiger partial charge in [0.2, 0.25) is 16.1 Å². The van der Waals surface area contributed by atoms with Gasteiger partial charge in [-0.05, 0) is 31.4 Å². The Morgan fingerprint density at radius 2 is 2.05 bits per heavy atom. The third kappa shape index (κ3) is 2.63. The van der Waals surface area contributed by atoms with Gasteiger partial charge in [-0.25, -0.2) is 13.2 Å². The number of sulfonamides is 1. The lowest BCUT2D eigenvalue weighted by Crippen LogP contribution is -2.42. The largest absolute Gasteiger partial charge is 0.246 e. The molecule has 2 rings (SSSR count). The number of hydrogen-bond donors (Lipinski definition) is 0. The number of carbonyl (C=O) groups excluding carboxylic acids is 1. The Labute approximate surface area is 117 Å². The fourth-order valence-electron chi connectivity index (χ4n) is 2.27. The zero-order valence-corrected chi connectivity index (χ0v) is 11.5. The molecule has 6 nitrogen and oxygen atoms in total. The number of hydrogen-bond acceptors (Lipinski definition) is 5. The van der Waals surface area contributed by atoms with Crippen LogP contribution < -0.4 is 0 Å². The van der Waals surface area contributed by atoms with Gasteiger partial charge in [0.25, 0.3) is 0 Å². The van der Waals surface area contributed by atoms with Crippen molar-refractivity contribution < 1.29 is 13.2 Å². The first-order chi connectivity index (χ1) is 9.61. The first kappa shape index (κ1) is 14.4. The summed E-state index contributed by atoms with van der Waals surface area (Å²) in [6, 6.07) is 7.89. The summed E-state index contributed by atoms with van der Waals surface area (Å²) in [5, 5.41) is 9.03. The molecule has 0 radical (unpaired) electrons. The van der Waals surface area contributed by atoms with Crippen molar-refractivity contribution in [3.05, 3.63) is 29.8 Å². The first-order valence-electron chi connectivity index (χ1n) is 6.19. The maximum Gasteiger partial charge on any atom is 0.246 e. The van der Waals surface area contributed by atoms with Crippen molar-refractivity contribution in [1.29, 1.82) is 5.26 Å². The Bertz CT molecular complexity index is 687. The Hall–Kier alpha value is -2.00. The molecule has 0 amide bonds. The van der Waals surface area contributed by atoms with Crippen LogP contribution in [0.1, 0.15) is 24.8 Å². The van der Waals surface area contributed by atoms with Gasteiger partial charge in [-0.15, -0.1) is 0 Å². The van der Waals surface area contributed by atoms with Gasteiger partial charge in [0.1, 0.15) is 17.1 Å². The molecule has 1 aliphatic rings. The van der Waals surface area contributed by atoms with E-state index in [1.54, 1.807) is 12.1 Å².